The van der Waals surface area contributed by atoms with E-state index in [0.29, 0.717) is 17.0 Å². The molecule has 0 saturated carbocycles. The number of nitrogen functional groups attached to an aromatic ring is 1. The van der Waals surface area contributed by atoms with Crippen LogP contribution in [-0.4, -0.2) is 9.38 Å². The van der Waals surface area contributed by atoms with Crippen LogP contribution in [0.15, 0.2) is 48.8 Å². The third-order valence-corrected chi connectivity index (χ3v) is 3.13. The van der Waals surface area contributed by atoms with Gasteiger partial charge in [-0.25, -0.2) is 4.98 Å². The fourth-order valence-corrected chi connectivity index (χ4v) is 2.13. The van der Waals surface area contributed by atoms with E-state index in [1.54, 1.807) is 28.9 Å². The predicted octanol–water partition coefficient (Wildman–Crippen LogP) is 3.51. The van der Waals surface area contributed by atoms with Crippen molar-refractivity contribution in [3.05, 3.63) is 60.0 Å². The van der Waals surface area contributed by atoms with E-state index in [9.17, 15) is 13.2 Å². The molecule has 3 rings (SSSR count). The second-order valence-corrected chi connectivity index (χ2v) is 4.71. The van der Waals surface area contributed by atoms with Gasteiger partial charge in [-0.2, -0.15) is 13.2 Å². The number of benzene rings is 1. The quantitative estimate of drug-likeness (QED) is 0.805. The summed E-state index contributed by atoms with van der Waals surface area (Å²) < 4.78 is 45.6. The van der Waals surface area contributed by atoms with Crippen LogP contribution in [0.25, 0.3) is 5.65 Å². The molecule has 0 saturated heterocycles. The maximum Gasteiger partial charge on any atom is 0.419 e. The molecular formula is C15H12F3N3O. The number of pyridine rings is 1. The Bertz CT molecular complexity index is 811. The van der Waals surface area contributed by atoms with Gasteiger partial charge in [0.05, 0.1) is 16.9 Å². The molecule has 0 radical (unpaired) electrons. The van der Waals surface area contributed by atoms with Crippen molar-refractivity contribution in [1.29, 1.82) is 0 Å². The first kappa shape index (κ1) is 14.2. The monoisotopic (exact) mass is 307 g/mol. The molecule has 0 atom stereocenters. The maximum atomic E-state index is 12.9. The third-order valence-electron chi connectivity index (χ3n) is 3.13. The van der Waals surface area contributed by atoms with E-state index in [0.717, 1.165) is 6.07 Å². The first-order chi connectivity index (χ1) is 10.4. The first-order valence-corrected chi connectivity index (χ1v) is 6.46. The topological polar surface area (TPSA) is 52.5 Å². The minimum atomic E-state index is -4.46. The highest BCUT2D eigenvalue weighted by molar-refractivity contribution is 5.64. The number of imidazole rings is 1. The SMILES string of the molecule is Nc1cccn2cc(COc3ccccc3C(F)(F)F)nc12. The van der Waals surface area contributed by atoms with Crippen LogP contribution in [0.5, 0.6) is 5.75 Å². The molecule has 2 N–H and O–H groups in total. The molecule has 7 heteroatoms. The van der Waals surface area contributed by atoms with Gasteiger partial charge in [0.25, 0.3) is 0 Å². The van der Waals surface area contributed by atoms with E-state index in [-0.39, 0.29) is 12.4 Å². The van der Waals surface area contributed by atoms with E-state index >= 15 is 0 Å². The molecule has 0 spiro atoms. The van der Waals surface area contributed by atoms with E-state index in [2.05, 4.69) is 4.98 Å². The van der Waals surface area contributed by atoms with Gasteiger partial charge in [0.15, 0.2) is 5.65 Å². The molecular weight excluding hydrogens is 295 g/mol. The highest BCUT2D eigenvalue weighted by Gasteiger charge is 2.34. The highest BCUT2D eigenvalue weighted by Crippen LogP contribution is 2.36. The summed E-state index contributed by atoms with van der Waals surface area (Å²) in [6, 6.07) is 8.54. The van der Waals surface area contributed by atoms with Crippen molar-refractivity contribution >= 4 is 11.3 Å². The summed E-state index contributed by atoms with van der Waals surface area (Å²) in [6.45, 7) is -0.0752. The zero-order valence-corrected chi connectivity index (χ0v) is 11.3. The van der Waals surface area contributed by atoms with Crippen molar-refractivity contribution in [2.24, 2.45) is 0 Å². The lowest BCUT2D eigenvalue weighted by atomic mass is 10.2. The number of anilines is 1. The zero-order valence-electron chi connectivity index (χ0n) is 11.3. The molecule has 3 aromatic rings. The van der Waals surface area contributed by atoms with Crippen molar-refractivity contribution in [2.75, 3.05) is 5.73 Å². The van der Waals surface area contributed by atoms with Crippen LogP contribution in [0.3, 0.4) is 0 Å². The highest BCUT2D eigenvalue weighted by atomic mass is 19.4. The molecule has 0 aliphatic heterocycles. The van der Waals surface area contributed by atoms with Gasteiger partial charge in [0.2, 0.25) is 0 Å². The van der Waals surface area contributed by atoms with Crippen LogP contribution in [0, 0.1) is 0 Å². The minimum absolute atomic E-state index is 0.0752. The van der Waals surface area contributed by atoms with E-state index in [1.807, 2.05) is 0 Å². The Balaban J connectivity index is 1.84. The Morgan fingerprint density at radius 3 is 2.64 bits per heavy atom. The van der Waals surface area contributed by atoms with E-state index in [4.69, 9.17) is 10.5 Å². The van der Waals surface area contributed by atoms with Crippen LogP contribution >= 0.6 is 0 Å². The number of hydrogen-bond donors (Lipinski definition) is 1. The Morgan fingerprint density at radius 2 is 1.91 bits per heavy atom. The van der Waals surface area contributed by atoms with Gasteiger partial charge >= 0.3 is 6.18 Å². The molecule has 0 aliphatic rings. The summed E-state index contributed by atoms with van der Waals surface area (Å²) >= 11 is 0. The number of hydrogen-bond acceptors (Lipinski definition) is 3. The number of nitrogens with two attached hydrogens (primary N) is 1. The van der Waals surface area contributed by atoms with Crippen LogP contribution < -0.4 is 10.5 Å². The number of aromatic nitrogens is 2. The van der Waals surface area contributed by atoms with Crippen molar-refractivity contribution in [3.63, 3.8) is 0 Å². The Morgan fingerprint density at radius 1 is 1.14 bits per heavy atom. The van der Waals surface area contributed by atoms with Crippen molar-refractivity contribution < 1.29 is 17.9 Å². The number of fused-ring (bicyclic) bond motifs is 1. The predicted molar refractivity (Wildman–Crippen MR) is 75.4 cm³/mol. The summed E-state index contributed by atoms with van der Waals surface area (Å²) in [7, 11) is 0. The molecule has 0 bridgehead atoms. The number of nitrogens with zero attached hydrogens (tertiary/aromatic N) is 2. The summed E-state index contributed by atoms with van der Waals surface area (Å²) in [5.41, 5.74) is 6.51. The number of rotatable bonds is 3. The Hall–Kier alpha value is -2.70. The molecule has 1 aromatic carbocycles. The summed E-state index contributed by atoms with van der Waals surface area (Å²) in [5, 5.41) is 0. The second-order valence-electron chi connectivity index (χ2n) is 4.71. The number of ether oxygens (including phenoxy) is 1. The largest absolute Gasteiger partial charge is 0.487 e. The molecule has 2 aromatic heterocycles. The van der Waals surface area contributed by atoms with E-state index < -0.39 is 11.7 Å². The van der Waals surface area contributed by atoms with Gasteiger partial charge in [-0.1, -0.05) is 12.1 Å². The Kier molecular flexibility index (Phi) is 3.40. The average Bonchev–Trinajstić information content (AvgIpc) is 2.89. The van der Waals surface area contributed by atoms with Crippen molar-refractivity contribution in [1.82, 2.24) is 9.38 Å². The lowest BCUT2D eigenvalue weighted by Gasteiger charge is -2.12. The second kappa shape index (κ2) is 5.25. The molecule has 114 valence electrons. The van der Waals surface area contributed by atoms with Gasteiger partial charge in [-0.05, 0) is 24.3 Å². The number of alkyl halides is 3. The first-order valence-electron chi connectivity index (χ1n) is 6.46. The average molecular weight is 307 g/mol. The standard InChI is InChI=1S/C15H12F3N3O/c16-15(17,18)11-4-1-2-6-13(11)22-9-10-8-21-7-3-5-12(19)14(21)20-10/h1-8H,9,19H2. The fraction of sp³-hybridized carbons (Fsp3) is 0.133. The summed E-state index contributed by atoms with van der Waals surface area (Å²) in [4.78, 5) is 4.25. The summed E-state index contributed by atoms with van der Waals surface area (Å²) in [6.07, 6.45) is -1.03. The van der Waals surface area contributed by atoms with Crippen LogP contribution in [-0.2, 0) is 12.8 Å². The third kappa shape index (κ3) is 2.69. The van der Waals surface area contributed by atoms with Crippen molar-refractivity contribution in [3.8, 4) is 5.75 Å². The molecule has 2 heterocycles. The maximum absolute atomic E-state index is 12.9. The Labute approximate surface area is 124 Å². The molecule has 0 aliphatic carbocycles. The van der Waals surface area contributed by atoms with Gasteiger partial charge in [-0.15, -0.1) is 0 Å². The van der Waals surface area contributed by atoms with Gasteiger partial charge in [0.1, 0.15) is 12.4 Å². The molecule has 0 fully saturated rings. The number of para-hydroxylation sites is 1. The molecule has 22 heavy (non-hydrogen) atoms. The van der Waals surface area contributed by atoms with Crippen LogP contribution in [0.4, 0.5) is 18.9 Å². The van der Waals surface area contributed by atoms with Crippen molar-refractivity contribution in [2.45, 2.75) is 12.8 Å². The normalized spacial score (nSPS) is 11.8. The molecule has 0 amide bonds. The van der Waals surface area contributed by atoms with Gasteiger partial charge in [-0.3, -0.25) is 0 Å². The van der Waals surface area contributed by atoms with Crippen LogP contribution in [0.1, 0.15) is 11.3 Å². The number of halogens is 3. The fourth-order valence-electron chi connectivity index (χ4n) is 2.13. The van der Waals surface area contributed by atoms with Gasteiger partial charge < -0.3 is 14.9 Å². The molecule has 0 unspecified atom stereocenters. The lowest BCUT2D eigenvalue weighted by Crippen LogP contribution is -2.08. The van der Waals surface area contributed by atoms with Gasteiger partial charge in [0, 0.05) is 12.4 Å². The summed E-state index contributed by atoms with van der Waals surface area (Å²) in [5.74, 6) is -0.222. The zero-order chi connectivity index (χ0) is 15.7. The molecule has 4 nitrogen and oxygen atoms in total. The lowest BCUT2D eigenvalue weighted by molar-refractivity contribution is -0.139. The van der Waals surface area contributed by atoms with Crippen LogP contribution in [0.2, 0.25) is 0 Å². The van der Waals surface area contributed by atoms with E-state index in [1.165, 1.54) is 18.2 Å². The minimum Gasteiger partial charge on any atom is -0.487 e. The smallest absolute Gasteiger partial charge is 0.419 e.